The van der Waals surface area contributed by atoms with Crippen LogP contribution < -0.4 is 0 Å². The molecule has 0 heterocycles. The Morgan fingerprint density at radius 1 is 0.941 bits per heavy atom. The molecule has 0 N–H and O–H groups in total. The molecule has 0 bridgehead atoms. The van der Waals surface area contributed by atoms with Crippen LogP contribution in [0.4, 0.5) is 0 Å². The highest BCUT2D eigenvalue weighted by atomic mass is 16.7. The van der Waals surface area contributed by atoms with Crippen molar-refractivity contribution in [2.45, 2.75) is 57.2 Å². The number of allylic oxidation sites excluding steroid dienone is 1. The van der Waals surface area contributed by atoms with E-state index in [1.165, 1.54) is 0 Å². The van der Waals surface area contributed by atoms with E-state index in [4.69, 9.17) is 9.47 Å². The van der Waals surface area contributed by atoms with Crippen LogP contribution in [-0.4, -0.2) is 25.8 Å². The Bertz CT molecular complexity index is 326. The number of hydrogen-bond acceptors (Lipinski definition) is 3. The topological polar surface area (TPSA) is 35.5 Å². The second kappa shape index (κ2) is 5.32. The van der Waals surface area contributed by atoms with Gasteiger partial charge >= 0.3 is 0 Å². The van der Waals surface area contributed by atoms with Gasteiger partial charge in [0.15, 0.2) is 11.6 Å². The molecule has 2 fully saturated rings. The lowest BCUT2D eigenvalue weighted by Gasteiger charge is -2.39. The lowest BCUT2D eigenvalue weighted by molar-refractivity contribution is -0.191. The second-order valence-corrected chi connectivity index (χ2v) is 4.96. The summed E-state index contributed by atoms with van der Waals surface area (Å²) in [5.41, 5.74) is 2.12. The SMILES string of the molecule is COC1(OC)CCCC/C1=C1/CCCCC1=O. The van der Waals surface area contributed by atoms with Gasteiger partial charge in [-0.3, -0.25) is 4.79 Å². The van der Waals surface area contributed by atoms with Gasteiger partial charge in [0.1, 0.15) is 0 Å². The predicted molar refractivity (Wildman–Crippen MR) is 65.7 cm³/mol. The van der Waals surface area contributed by atoms with Crippen LogP contribution in [0.1, 0.15) is 51.4 Å². The summed E-state index contributed by atoms with van der Waals surface area (Å²) >= 11 is 0. The van der Waals surface area contributed by atoms with Crippen molar-refractivity contribution < 1.29 is 14.3 Å². The van der Waals surface area contributed by atoms with Crippen molar-refractivity contribution in [2.75, 3.05) is 14.2 Å². The summed E-state index contributed by atoms with van der Waals surface area (Å²) in [5.74, 6) is -0.313. The molecule has 0 aromatic carbocycles. The highest BCUT2D eigenvalue weighted by Gasteiger charge is 2.39. The Hall–Kier alpha value is -0.670. The number of carbonyl (C=O) groups is 1. The van der Waals surface area contributed by atoms with Crippen molar-refractivity contribution in [1.29, 1.82) is 0 Å². The zero-order chi connectivity index (χ0) is 12.3. The van der Waals surface area contributed by atoms with Crippen LogP contribution in [0.2, 0.25) is 0 Å². The van der Waals surface area contributed by atoms with Crippen molar-refractivity contribution in [2.24, 2.45) is 0 Å². The van der Waals surface area contributed by atoms with E-state index < -0.39 is 5.79 Å². The lowest BCUT2D eigenvalue weighted by Crippen LogP contribution is -2.40. The predicted octanol–water partition coefficient (Wildman–Crippen LogP) is 2.99. The van der Waals surface area contributed by atoms with Gasteiger partial charge in [-0.1, -0.05) is 0 Å². The molecule has 0 saturated heterocycles. The van der Waals surface area contributed by atoms with Gasteiger partial charge in [-0.25, -0.2) is 0 Å². The number of carbonyl (C=O) groups excluding carboxylic acids is 1. The minimum Gasteiger partial charge on any atom is -0.349 e. The molecule has 2 saturated carbocycles. The van der Waals surface area contributed by atoms with Crippen LogP contribution in [-0.2, 0) is 14.3 Å². The number of ether oxygens (including phenoxy) is 2. The van der Waals surface area contributed by atoms with Crippen LogP contribution in [0.5, 0.6) is 0 Å². The molecule has 0 amide bonds. The molecule has 0 unspecified atom stereocenters. The Morgan fingerprint density at radius 2 is 1.59 bits per heavy atom. The Balaban J connectivity index is 2.37. The molecule has 2 rings (SSSR count). The van der Waals surface area contributed by atoms with Crippen molar-refractivity contribution >= 4 is 5.78 Å². The van der Waals surface area contributed by atoms with Crippen molar-refractivity contribution in [1.82, 2.24) is 0 Å². The normalized spacial score (nSPS) is 29.4. The first-order valence-electron chi connectivity index (χ1n) is 6.59. The maximum atomic E-state index is 12.0. The molecule has 0 aromatic heterocycles. The second-order valence-electron chi connectivity index (χ2n) is 4.96. The van der Waals surface area contributed by atoms with Gasteiger partial charge in [0.25, 0.3) is 0 Å². The minimum absolute atomic E-state index is 0.312. The molecule has 0 spiro atoms. The summed E-state index contributed by atoms with van der Waals surface area (Å²) in [4.78, 5) is 12.0. The van der Waals surface area contributed by atoms with E-state index in [2.05, 4.69) is 0 Å². The molecule has 2 aliphatic carbocycles. The molecule has 3 nitrogen and oxygen atoms in total. The molecule has 0 radical (unpaired) electrons. The zero-order valence-corrected chi connectivity index (χ0v) is 10.9. The standard InChI is InChI=1S/C14H22O3/c1-16-14(17-2)10-6-5-8-12(14)11-7-3-4-9-13(11)15/h3-10H2,1-2H3/b12-11+. The van der Waals surface area contributed by atoms with Gasteiger partial charge in [-0.05, 0) is 49.7 Å². The number of hydrogen-bond donors (Lipinski definition) is 0. The van der Waals surface area contributed by atoms with E-state index >= 15 is 0 Å². The van der Waals surface area contributed by atoms with Gasteiger partial charge in [-0.15, -0.1) is 0 Å². The van der Waals surface area contributed by atoms with Gasteiger partial charge in [0.2, 0.25) is 0 Å². The molecule has 96 valence electrons. The molecular formula is C14H22O3. The first-order valence-corrected chi connectivity index (χ1v) is 6.59. The lowest BCUT2D eigenvalue weighted by atomic mass is 9.80. The Morgan fingerprint density at radius 3 is 2.24 bits per heavy atom. The molecule has 2 aliphatic rings. The Labute approximate surface area is 103 Å². The van der Waals surface area contributed by atoms with E-state index in [0.29, 0.717) is 12.2 Å². The van der Waals surface area contributed by atoms with Gasteiger partial charge in [-0.2, -0.15) is 0 Å². The largest absolute Gasteiger partial charge is 0.349 e. The summed E-state index contributed by atoms with van der Waals surface area (Å²) < 4.78 is 11.2. The number of methoxy groups -OCH3 is 2. The zero-order valence-electron chi connectivity index (χ0n) is 10.9. The van der Waals surface area contributed by atoms with E-state index in [9.17, 15) is 4.79 Å². The molecule has 3 heteroatoms. The highest BCUT2D eigenvalue weighted by molar-refractivity contribution is 5.97. The average molecular weight is 238 g/mol. The van der Waals surface area contributed by atoms with Crippen LogP contribution >= 0.6 is 0 Å². The van der Waals surface area contributed by atoms with Crippen molar-refractivity contribution in [3.05, 3.63) is 11.1 Å². The minimum atomic E-state index is -0.624. The van der Waals surface area contributed by atoms with E-state index in [1.807, 2.05) is 0 Å². The van der Waals surface area contributed by atoms with Gasteiger partial charge in [0, 0.05) is 27.1 Å². The molecule has 0 aliphatic heterocycles. The summed E-state index contributed by atoms with van der Waals surface area (Å²) in [6.07, 6.45) is 7.81. The first-order chi connectivity index (χ1) is 8.23. The number of ketones is 1. The fourth-order valence-electron chi connectivity index (χ4n) is 3.11. The number of Topliss-reactive ketones (excluding diaryl/α,β-unsaturated/α-hetero) is 1. The van der Waals surface area contributed by atoms with Gasteiger partial charge < -0.3 is 9.47 Å². The molecular weight excluding hydrogens is 216 g/mol. The first kappa shape index (κ1) is 12.8. The van der Waals surface area contributed by atoms with Crippen LogP contribution in [0.25, 0.3) is 0 Å². The third-order valence-corrected chi connectivity index (χ3v) is 4.08. The van der Waals surface area contributed by atoms with Gasteiger partial charge in [0.05, 0.1) is 0 Å². The van der Waals surface area contributed by atoms with Crippen LogP contribution in [0.15, 0.2) is 11.1 Å². The smallest absolute Gasteiger partial charge is 0.190 e. The van der Waals surface area contributed by atoms with Crippen LogP contribution in [0, 0.1) is 0 Å². The Kier molecular flexibility index (Phi) is 4.00. The van der Waals surface area contributed by atoms with Crippen molar-refractivity contribution in [3.63, 3.8) is 0 Å². The third kappa shape index (κ3) is 2.31. The highest BCUT2D eigenvalue weighted by Crippen LogP contribution is 2.40. The quantitative estimate of drug-likeness (QED) is 0.548. The maximum absolute atomic E-state index is 12.0. The maximum Gasteiger partial charge on any atom is 0.190 e. The average Bonchev–Trinajstić information content (AvgIpc) is 2.39. The summed E-state index contributed by atoms with van der Waals surface area (Å²) in [5, 5.41) is 0. The molecule has 0 aromatic rings. The third-order valence-electron chi connectivity index (χ3n) is 4.08. The summed E-state index contributed by atoms with van der Waals surface area (Å²) in [7, 11) is 3.37. The molecule has 17 heavy (non-hydrogen) atoms. The van der Waals surface area contributed by atoms with Crippen LogP contribution in [0.3, 0.4) is 0 Å². The van der Waals surface area contributed by atoms with E-state index in [0.717, 1.165) is 56.1 Å². The fraction of sp³-hybridized carbons (Fsp3) is 0.786. The van der Waals surface area contributed by atoms with E-state index in [1.54, 1.807) is 14.2 Å². The monoisotopic (exact) mass is 238 g/mol. The van der Waals surface area contributed by atoms with E-state index in [-0.39, 0.29) is 0 Å². The molecule has 0 atom stereocenters. The number of rotatable bonds is 2. The summed E-state index contributed by atoms with van der Waals surface area (Å²) in [6, 6.07) is 0. The fourth-order valence-corrected chi connectivity index (χ4v) is 3.11. The summed E-state index contributed by atoms with van der Waals surface area (Å²) in [6.45, 7) is 0. The van der Waals surface area contributed by atoms with Crippen molar-refractivity contribution in [3.8, 4) is 0 Å².